The van der Waals surface area contributed by atoms with Gasteiger partial charge in [-0.3, -0.25) is 4.79 Å². The van der Waals surface area contributed by atoms with Crippen LogP contribution in [0.15, 0.2) is 0 Å². The molecule has 1 atom stereocenters. The molecule has 0 aliphatic carbocycles. The molecule has 0 radical (unpaired) electrons. The van der Waals surface area contributed by atoms with Gasteiger partial charge in [0.15, 0.2) is 0 Å². The topological polar surface area (TPSA) is 43.1 Å². The van der Waals surface area contributed by atoms with Crippen LogP contribution in [0.1, 0.15) is 34.1 Å². The zero-order valence-electron chi connectivity index (χ0n) is 7.68. The first-order valence-electron chi connectivity index (χ1n) is 3.84. The Morgan fingerprint density at radius 2 is 2.00 bits per heavy atom. The van der Waals surface area contributed by atoms with E-state index in [0.717, 1.165) is 6.42 Å². The maximum atomic E-state index is 10.8. The minimum atomic E-state index is -0.201. The highest BCUT2D eigenvalue weighted by atomic mass is 32.2. The molecule has 0 spiro atoms. The Hall–Kier alpha value is -0.180. The summed E-state index contributed by atoms with van der Waals surface area (Å²) < 4.78 is 0.121. The fourth-order valence-corrected chi connectivity index (χ4v) is 1.91. The Morgan fingerprint density at radius 1 is 1.55 bits per heavy atom. The van der Waals surface area contributed by atoms with Crippen molar-refractivity contribution < 1.29 is 4.79 Å². The Bertz CT molecular complexity index is 140. The molecule has 1 amide bonds. The van der Waals surface area contributed by atoms with E-state index in [0.29, 0.717) is 0 Å². The summed E-state index contributed by atoms with van der Waals surface area (Å²) in [5.41, 5.74) is 5.19. The van der Waals surface area contributed by atoms with Gasteiger partial charge in [-0.1, -0.05) is 27.7 Å². The number of hydrogen-bond donors (Lipinski definition) is 1. The summed E-state index contributed by atoms with van der Waals surface area (Å²) in [6, 6.07) is 0. The van der Waals surface area contributed by atoms with Crippen LogP contribution in [0.5, 0.6) is 0 Å². The fourth-order valence-electron chi connectivity index (χ4n) is 0.769. The van der Waals surface area contributed by atoms with Gasteiger partial charge in [0, 0.05) is 4.75 Å². The minimum absolute atomic E-state index is 0.0324. The third-order valence-electron chi connectivity index (χ3n) is 1.18. The second-order valence-electron chi connectivity index (χ2n) is 3.53. The Kier molecular flexibility index (Phi) is 3.93. The minimum Gasteiger partial charge on any atom is -0.369 e. The molecule has 0 aliphatic rings. The van der Waals surface area contributed by atoms with E-state index in [4.69, 9.17) is 5.73 Å². The lowest BCUT2D eigenvalue weighted by atomic mass is 10.3. The zero-order valence-corrected chi connectivity index (χ0v) is 8.49. The van der Waals surface area contributed by atoms with Gasteiger partial charge in [0.1, 0.15) is 0 Å². The molecule has 11 heavy (non-hydrogen) atoms. The molecule has 3 heteroatoms. The van der Waals surface area contributed by atoms with Crippen molar-refractivity contribution in [3.05, 3.63) is 0 Å². The van der Waals surface area contributed by atoms with Gasteiger partial charge in [-0.15, -0.1) is 11.8 Å². The largest absolute Gasteiger partial charge is 0.369 e. The van der Waals surface area contributed by atoms with Crippen molar-refractivity contribution >= 4 is 17.7 Å². The summed E-state index contributed by atoms with van der Waals surface area (Å²) in [7, 11) is 0. The molecular weight excluding hydrogens is 158 g/mol. The van der Waals surface area contributed by atoms with Crippen molar-refractivity contribution in [2.75, 3.05) is 0 Å². The van der Waals surface area contributed by atoms with Crippen molar-refractivity contribution in [1.82, 2.24) is 0 Å². The first kappa shape index (κ1) is 10.8. The smallest absolute Gasteiger partial charge is 0.230 e. The van der Waals surface area contributed by atoms with E-state index >= 15 is 0 Å². The van der Waals surface area contributed by atoms with Gasteiger partial charge in [0.2, 0.25) is 5.91 Å². The lowest BCUT2D eigenvalue weighted by Crippen LogP contribution is -2.29. The van der Waals surface area contributed by atoms with Gasteiger partial charge in [0.05, 0.1) is 5.25 Å². The highest BCUT2D eigenvalue weighted by Gasteiger charge is 2.21. The summed E-state index contributed by atoms with van der Waals surface area (Å²) in [6.45, 7) is 8.24. The zero-order chi connectivity index (χ0) is 9.07. The Morgan fingerprint density at radius 3 is 2.09 bits per heavy atom. The van der Waals surface area contributed by atoms with Crippen LogP contribution >= 0.6 is 11.8 Å². The molecule has 0 saturated heterocycles. The monoisotopic (exact) mass is 175 g/mol. The highest BCUT2D eigenvalue weighted by molar-refractivity contribution is 8.01. The maximum Gasteiger partial charge on any atom is 0.230 e. The molecule has 0 aromatic carbocycles. The summed E-state index contributed by atoms with van der Waals surface area (Å²) in [5, 5.41) is -0.0324. The van der Waals surface area contributed by atoms with Crippen LogP contribution in [-0.4, -0.2) is 15.9 Å². The number of nitrogens with two attached hydrogens (primary N) is 1. The summed E-state index contributed by atoms with van der Waals surface area (Å²) >= 11 is 1.64. The van der Waals surface area contributed by atoms with Crippen LogP contribution < -0.4 is 5.73 Å². The van der Waals surface area contributed by atoms with Crippen molar-refractivity contribution in [3.8, 4) is 0 Å². The summed E-state index contributed by atoms with van der Waals surface area (Å²) in [5.74, 6) is -0.201. The van der Waals surface area contributed by atoms with E-state index in [1.165, 1.54) is 0 Å². The fraction of sp³-hybridized carbons (Fsp3) is 0.875. The van der Waals surface area contributed by atoms with E-state index in [-0.39, 0.29) is 15.9 Å². The van der Waals surface area contributed by atoms with Crippen LogP contribution in [0.3, 0.4) is 0 Å². The van der Waals surface area contributed by atoms with Gasteiger partial charge in [0.25, 0.3) is 0 Å². The van der Waals surface area contributed by atoms with Gasteiger partial charge >= 0.3 is 0 Å². The predicted molar refractivity (Wildman–Crippen MR) is 50.6 cm³/mol. The molecule has 0 fully saturated rings. The average Bonchev–Trinajstić information content (AvgIpc) is 1.80. The van der Waals surface area contributed by atoms with Crippen LogP contribution in [0, 0.1) is 0 Å². The molecule has 1 unspecified atom stereocenters. The molecule has 2 nitrogen and oxygen atoms in total. The number of amides is 1. The van der Waals surface area contributed by atoms with Crippen LogP contribution in [0.25, 0.3) is 0 Å². The van der Waals surface area contributed by atoms with Gasteiger partial charge in [-0.2, -0.15) is 0 Å². The summed E-state index contributed by atoms with van der Waals surface area (Å²) in [4.78, 5) is 10.8. The molecule has 0 rings (SSSR count). The third-order valence-corrected chi connectivity index (χ3v) is 2.74. The first-order chi connectivity index (χ1) is 4.87. The molecule has 66 valence electrons. The molecule has 0 aliphatic heterocycles. The lowest BCUT2D eigenvalue weighted by Gasteiger charge is -2.22. The number of hydrogen-bond acceptors (Lipinski definition) is 2. The number of carbonyl (C=O) groups is 1. The highest BCUT2D eigenvalue weighted by Crippen LogP contribution is 2.29. The van der Waals surface area contributed by atoms with Crippen LogP contribution in [0.2, 0.25) is 0 Å². The van der Waals surface area contributed by atoms with Crippen molar-refractivity contribution in [1.29, 1.82) is 0 Å². The van der Waals surface area contributed by atoms with E-state index in [1.54, 1.807) is 11.8 Å². The first-order valence-corrected chi connectivity index (χ1v) is 4.72. The van der Waals surface area contributed by atoms with Crippen molar-refractivity contribution in [3.63, 3.8) is 0 Å². The number of carbonyl (C=O) groups excluding carboxylic acids is 1. The number of rotatable bonds is 3. The van der Waals surface area contributed by atoms with Crippen LogP contribution in [-0.2, 0) is 4.79 Å². The number of thioether (sulfide) groups is 1. The van der Waals surface area contributed by atoms with Crippen molar-refractivity contribution in [2.45, 2.75) is 44.1 Å². The molecule has 2 N–H and O–H groups in total. The van der Waals surface area contributed by atoms with E-state index in [1.807, 2.05) is 6.92 Å². The normalized spacial score (nSPS) is 14.5. The SMILES string of the molecule is CCC(SC(C)(C)C)C(N)=O. The third kappa shape index (κ3) is 5.13. The van der Waals surface area contributed by atoms with Crippen LogP contribution in [0.4, 0.5) is 0 Å². The standard InChI is InChI=1S/C8H17NOS/c1-5-6(7(9)10)11-8(2,3)4/h6H,5H2,1-4H3,(H2,9,10). The molecular formula is C8H17NOS. The quantitative estimate of drug-likeness (QED) is 0.710. The Labute approximate surface area is 72.9 Å². The predicted octanol–water partition coefficient (Wildman–Crippen LogP) is 1.78. The molecule has 0 aromatic rings. The van der Waals surface area contributed by atoms with E-state index in [2.05, 4.69) is 20.8 Å². The average molecular weight is 175 g/mol. The van der Waals surface area contributed by atoms with Gasteiger partial charge in [-0.05, 0) is 6.42 Å². The Balaban J connectivity index is 3.99. The molecule has 0 bridgehead atoms. The maximum absolute atomic E-state index is 10.8. The van der Waals surface area contributed by atoms with Gasteiger partial charge < -0.3 is 5.73 Å². The molecule has 0 saturated carbocycles. The second-order valence-corrected chi connectivity index (χ2v) is 5.56. The molecule has 0 heterocycles. The molecule has 0 aromatic heterocycles. The van der Waals surface area contributed by atoms with E-state index in [9.17, 15) is 4.79 Å². The van der Waals surface area contributed by atoms with E-state index < -0.39 is 0 Å². The van der Waals surface area contributed by atoms with Gasteiger partial charge in [-0.25, -0.2) is 0 Å². The number of primary amides is 1. The van der Waals surface area contributed by atoms with Crippen molar-refractivity contribution in [2.24, 2.45) is 5.73 Å². The second kappa shape index (κ2) is 4.00. The summed E-state index contributed by atoms with van der Waals surface area (Å²) in [6.07, 6.45) is 0.817. The lowest BCUT2D eigenvalue weighted by molar-refractivity contribution is -0.117.